The molecule has 0 saturated heterocycles. The van der Waals surface area contributed by atoms with Crippen molar-refractivity contribution in [1.29, 1.82) is 0 Å². The average Bonchev–Trinajstić information content (AvgIpc) is 2.98. The summed E-state index contributed by atoms with van der Waals surface area (Å²) < 4.78 is 4.72. The Labute approximate surface area is 131 Å². The van der Waals surface area contributed by atoms with E-state index in [4.69, 9.17) is 4.74 Å². The molecule has 0 radical (unpaired) electrons. The molecule has 0 bridgehead atoms. The lowest BCUT2D eigenvalue weighted by Crippen LogP contribution is -2.19. The van der Waals surface area contributed by atoms with Crippen molar-refractivity contribution in [1.82, 2.24) is 4.98 Å². The second-order valence-electron chi connectivity index (χ2n) is 5.47. The van der Waals surface area contributed by atoms with Crippen molar-refractivity contribution in [3.63, 3.8) is 0 Å². The van der Waals surface area contributed by atoms with Crippen LogP contribution in [0.3, 0.4) is 0 Å². The number of hydrogen-bond donors (Lipinski definition) is 0. The summed E-state index contributed by atoms with van der Waals surface area (Å²) in [6.45, 7) is 0. The Morgan fingerprint density at radius 1 is 1.09 bits per heavy atom. The van der Waals surface area contributed by atoms with Gasteiger partial charge < -0.3 is 4.74 Å². The molecule has 2 aromatic rings. The van der Waals surface area contributed by atoms with Crippen LogP contribution in [0.5, 0.6) is 0 Å². The number of ketones is 2. The number of esters is 1. The van der Waals surface area contributed by atoms with E-state index in [9.17, 15) is 14.4 Å². The van der Waals surface area contributed by atoms with Crippen LogP contribution in [0, 0.1) is 0 Å². The lowest BCUT2D eigenvalue weighted by molar-refractivity contribution is 0.0600. The van der Waals surface area contributed by atoms with E-state index in [1.54, 1.807) is 24.3 Å². The lowest BCUT2D eigenvalue weighted by atomic mass is 9.85. The molecule has 4 rings (SSSR count). The van der Waals surface area contributed by atoms with Crippen LogP contribution < -0.4 is 0 Å². The number of aromatic nitrogens is 1. The Morgan fingerprint density at radius 2 is 1.91 bits per heavy atom. The lowest BCUT2D eigenvalue weighted by Gasteiger charge is -2.16. The molecule has 1 heterocycles. The summed E-state index contributed by atoms with van der Waals surface area (Å²) in [4.78, 5) is 41.1. The zero-order chi connectivity index (χ0) is 16.1. The highest BCUT2D eigenvalue weighted by Gasteiger charge is 2.37. The van der Waals surface area contributed by atoms with Crippen molar-refractivity contribution in [2.75, 3.05) is 7.11 Å². The second kappa shape index (κ2) is 4.71. The molecule has 0 fully saturated rings. The monoisotopic (exact) mass is 305 g/mol. The summed E-state index contributed by atoms with van der Waals surface area (Å²) >= 11 is 0. The van der Waals surface area contributed by atoms with E-state index < -0.39 is 5.97 Å². The molecule has 2 aliphatic carbocycles. The molecule has 0 spiro atoms. The van der Waals surface area contributed by atoms with Gasteiger partial charge in [-0.15, -0.1) is 0 Å². The number of Topliss-reactive ketones (excluding diaryl/α,β-unsaturated/α-hetero) is 2. The van der Waals surface area contributed by atoms with E-state index in [1.165, 1.54) is 19.5 Å². The number of ether oxygens (including phenoxy) is 1. The van der Waals surface area contributed by atoms with Crippen LogP contribution >= 0.6 is 0 Å². The number of rotatable bonds is 1. The van der Waals surface area contributed by atoms with Gasteiger partial charge in [0.1, 0.15) is 0 Å². The van der Waals surface area contributed by atoms with Crippen molar-refractivity contribution in [3.05, 3.63) is 70.0 Å². The van der Waals surface area contributed by atoms with Gasteiger partial charge in [0, 0.05) is 35.5 Å². The number of allylic oxidation sites excluding steroid dienone is 2. The molecular weight excluding hydrogens is 294 g/mol. The van der Waals surface area contributed by atoms with E-state index in [0.717, 1.165) is 5.56 Å². The number of pyridine rings is 1. The SMILES string of the molecule is COC(=O)c1ccc2c(c1)C1=C(C2)C(=O)c2ccncc2C1=O. The van der Waals surface area contributed by atoms with Gasteiger partial charge in [-0.05, 0) is 29.3 Å². The van der Waals surface area contributed by atoms with Crippen LogP contribution in [-0.2, 0) is 11.2 Å². The standard InChI is InChI=1S/C18H11NO4/c1-23-18(22)10-3-2-9-6-13-15(12(9)7-10)17(21)14-8-19-5-4-11(14)16(13)20/h2-5,7-8H,6H2,1H3. The van der Waals surface area contributed by atoms with Crippen molar-refractivity contribution in [2.45, 2.75) is 6.42 Å². The number of hydrogen-bond acceptors (Lipinski definition) is 5. The maximum Gasteiger partial charge on any atom is 0.337 e. The smallest absolute Gasteiger partial charge is 0.337 e. The molecule has 0 unspecified atom stereocenters. The topological polar surface area (TPSA) is 73.3 Å². The molecule has 0 N–H and O–H groups in total. The van der Waals surface area contributed by atoms with E-state index >= 15 is 0 Å². The van der Waals surface area contributed by atoms with Gasteiger partial charge in [-0.25, -0.2) is 4.79 Å². The second-order valence-corrected chi connectivity index (χ2v) is 5.47. The molecule has 112 valence electrons. The Balaban J connectivity index is 1.91. The van der Waals surface area contributed by atoms with Crippen molar-refractivity contribution in [3.8, 4) is 0 Å². The first-order valence-corrected chi connectivity index (χ1v) is 7.10. The third-order valence-electron chi connectivity index (χ3n) is 4.28. The molecule has 5 heteroatoms. The average molecular weight is 305 g/mol. The fourth-order valence-electron chi connectivity index (χ4n) is 3.17. The first-order chi connectivity index (χ1) is 11.1. The Morgan fingerprint density at radius 3 is 2.70 bits per heavy atom. The minimum Gasteiger partial charge on any atom is -0.465 e. The maximum absolute atomic E-state index is 12.8. The normalized spacial score (nSPS) is 15.2. The molecule has 2 aliphatic rings. The van der Waals surface area contributed by atoms with Crippen molar-refractivity contribution in [2.24, 2.45) is 0 Å². The minimum absolute atomic E-state index is 0.146. The third kappa shape index (κ3) is 1.80. The highest BCUT2D eigenvalue weighted by Crippen LogP contribution is 2.40. The minimum atomic E-state index is -0.474. The van der Waals surface area contributed by atoms with Crippen molar-refractivity contribution >= 4 is 23.1 Å². The maximum atomic E-state index is 12.8. The first-order valence-electron chi connectivity index (χ1n) is 7.10. The van der Waals surface area contributed by atoms with Gasteiger partial charge in [-0.2, -0.15) is 0 Å². The van der Waals surface area contributed by atoms with Gasteiger partial charge in [0.2, 0.25) is 0 Å². The molecule has 0 atom stereocenters. The largest absolute Gasteiger partial charge is 0.465 e. The third-order valence-corrected chi connectivity index (χ3v) is 4.28. The Hall–Kier alpha value is -3.08. The number of carbonyl (C=O) groups excluding carboxylic acids is 3. The summed E-state index contributed by atoms with van der Waals surface area (Å²) in [6.07, 6.45) is 3.33. The molecule has 1 aromatic heterocycles. The predicted octanol–water partition coefficient (Wildman–Crippen LogP) is 2.26. The molecule has 0 amide bonds. The highest BCUT2D eigenvalue weighted by atomic mass is 16.5. The summed E-state index contributed by atoms with van der Waals surface area (Å²) in [5.74, 6) is -0.838. The fraction of sp³-hybridized carbons (Fsp3) is 0.111. The van der Waals surface area contributed by atoms with E-state index in [1.807, 2.05) is 0 Å². The zero-order valence-corrected chi connectivity index (χ0v) is 12.3. The van der Waals surface area contributed by atoms with Crippen molar-refractivity contribution < 1.29 is 19.1 Å². The van der Waals surface area contributed by atoms with Gasteiger partial charge in [0.05, 0.1) is 18.2 Å². The number of fused-ring (bicyclic) bond motifs is 3. The molecule has 23 heavy (non-hydrogen) atoms. The quantitative estimate of drug-likeness (QED) is 0.756. The van der Waals surface area contributed by atoms with E-state index in [-0.39, 0.29) is 11.6 Å². The van der Waals surface area contributed by atoms with Gasteiger partial charge in [-0.1, -0.05) is 6.07 Å². The molecular formula is C18H11NO4. The number of benzene rings is 1. The summed E-state index contributed by atoms with van der Waals surface area (Å²) in [7, 11) is 1.30. The molecule has 1 aromatic carbocycles. The van der Waals surface area contributed by atoms with Crippen LogP contribution in [0.2, 0.25) is 0 Å². The van der Waals surface area contributed by atoms with Crippen LogP contribution in [0.4, 0.5) is 0 Å². The van der Waals surface area contributed by atoms with Gasteiger partial charge in [-0.3, -0.25) is 14.6 Å². The molecule has 0 aliphatic heterocycles. The summed E-state index contributed by atoms with van der Waals surface area (Å²) in [6, 6.07) is 6.61. The Bertz CT molecular complexity index is 940. The number of nitrogens with zero attached hydrogens (tertiary/aromatic N) is 1. The Kier molecular flexibility index (Phi) is 2.78. The molecule has 0 saturated carbocycles. The zero-order valence-electron chi connectivity index (χ0n) is 12.3. The van der Waals surface area contributed by atoms with Gasteiger partial charge in [0.25, 0.3) is 0 Å². The first kappa shape index (κ1) is 13.6. The van der Waals surface area contributed by atoms with E-state index in [0.29, 0.717) is 39.8 Å². The van der Waals surface area contributed by atoms with Gasteiger partial charge in [0.15, 0.2) is 11.6 Å². The fourth-order valence-corrected chi connectivity index (χ4v) is 3.17. The van der Waals surface area contributed by atoms with Crippen LogP contribution in [-0.4, -0.2) is 29.6 Å². The van der Waals surface area contributed by atoms with Crippen LogP contribution in [0.15, 0.2) is 42.2 Å². The summed E-state index contributed by atoms with van der Waals surface area (Å²) in [5.41, 5.74) is 3.44. The summed E-state index contributed by atoms with van der Waals surface area (Å²) in [5, 5.41) is 0. The highest BCUT2D eigenvalue weighted by molar-refractivity contribution is 6.41. The van der Waals surface area contributed by atoms with Gasteiger partial charge >= 0.3 is 5.97 Å². The van der Waals surface area contributed by atoms with Crippen LogP contribution in [0.1, 0.15) is 42.2 Å². The van der Waals surface area contributed by atoms with E-state index in [2.05, 4.69) is 4.98 Å². The molecule has 5 nitrogen and oxygen atoms in total. The number of methoxy groups -OCH3 is 1. The number of carbonyl (C=O) groups is 3. The van der Waals surface area contributed by atoms with Crippen LogP contribution in [0.25, 0.3) is 5.57 Å². The predicted molar refractivity (Wildman–Crippen MR) is 81.3 cm³/mol.